The van der Waals surface area contributed by atoms with Gasteiger partial charge in [0.2, 0.25) is 10.0 Å². The summed E-state index contributed by atoms with van der Waals surface area (Å²) in [6.45, 7) is 1.00. The second kappa shape index (κ2) is 7.89. The van der Waals surface area contributed by atoms with Crippen molar-refractivity contribution in [2.24, 2.45) is 5.73 Å². The highest BCUT2D eigenvalue weighted by molar-refractivity contribution is 7.89. The van der Waals surface area contributed by atoms with Crippen LogP contribution >= 0.6 is 0 Å². The van der Waals surface area contributed by atoms with Gasteiger partial charge in [0.1, 0.15) is 0 Å². The summed E-state index contributed by atoms with van der Waals surface area (Å²) in [4.78, 5) is 4.28. The molecule has 2 rings (SSSR count). The Morgan fingerprint density at radius 2 is 1.96 bits per heavy atom. The smallest absolute Gasteiger partial charge is 0.241 e. The number of sulfonamides is 1. The molecular formula is C15H21N5O2S. The van der Waals surface area contributed by atoms with Crippen LogP contribution in [0.15, 0.2) is 41.6 Å². The molecular weight excluding hydrogens is 314 g/mol. The number of nitrogens with one attached hydrogen (secondary N) is 3. The number of benzene rings is 1. The molecule has 0 spiro atoms. The van der Waals surface area contributed by atoms with Gasteiger partial charge < -0.3 is 11.1 Å². The molecule has 0 aliphatic carbocycles. The molecule has 5 N–H and O–H groups in total. The molecule has 0 saturated carbocycles. The molecule has 0 amide bonds. The van der Waals surface area contributed by atoms with Crippen molar-refractivity contribution in [3.05, 3.63) is 36.7 Å². The van der Waals surface area contributed by atoms with Crippen LogP contribution < -0.4 is 15.8 Å². The number of rotatable bonds is 8. The first-order valence-corrected chi connectivity index (χ1v) is 8.89. The Morgan fingerprint density at radius 3 is 2.74 bits per heavy atom. The Balaban J connectivity index is 1.90. The molecule has 23 heavy (non-hydrogen) atoms. The van der Waals surface area contributed by atoms with E-state index in [1.807, 2.05) is 6.07 Å². The summed E-state index contributed by atoms with van der Waals surface area (Å²) in [6.07, 6.45) is 5.65. The summed E-state index contributed by atoms with van der Waals surface area (Å²) < 4.78 is 27.5. The molecule has 8 heteroatoms. The Bertz CT molecular complexity index is 771. The molecule has 0 fully saturated rings. The van der Waals surface area contributed by atoms with E-state index < -0.39 is 10.0 Å². The summed E-state index contributed by atoms with van der Waals surface area (Å²) >= 11 is 0. The lowest BCUT2D eigenvalue weighted by Gasteiger charge is -2.09. The first kappa shape index (κ1) is 17.2. The number of nitrogens with zero attached hydrogens (tertiary/aromatic N) is 1. The second-order valence-electron chi connectivity index (χ2n) is 5.15. The number of nitrogens with two attached hydrogens (primary N) is 1. The van der Waals surface area contributed by atoms with Gasteiger partial charge in [0, 0.05) is 36.3 Å². The molecule has 0 atom stereocenters. The van der Waals surface area contributed by atoms with Crippen LogP contribution in [0.1, 0.15) is 19.3 Å². The monoisotopic (exact) mass is 335 g/mol. The van der Waals surface area contributed by atoms with Crippen molar-refractivity contribution >= 4 is 26.8 Å². The summed E-state index contributed by atoms with van der Waals surface area (Å²) in [6, 6.07) is 6.86. The Hall–Kier alpha value is -2.19. The largest absolute Gasteiger partial charge is 0.370 e. The van der Waals surface area contributed by atoms with Crippen LogP contribution in [0, 0.1) is 5.41 Å². The summed E-state index contributed by atoms with van der Waals surface area (Å²) in [7, 11) is -3.54. The molecule has 0 bridgehead atoms. The quantitative estimate of drug-likeness (QED) is 0.328. The van der Waals surface area contributed by atoms with Gasteiger partial charge in [-0.25, -0.2) is 13.1 Å². The van der Waals surface area contributed by atoms with Crippen LogP contribution in [0.5, 0.6) is 0 Å². The third-order valence-electron chi connectivity index (χ3n) is 3.39. The minimum Gasteiger partial charge on any atom is -0.370 e. The van der Waals surface area contributed by atoms with Gasteiger partial charge in [0.05, 0.1) is 4.90 Å². The molecule has 1 heterocycles. The molecule has 0 aliphatic rings. The highest BCUT2D eigenvalue weighted by atomic mass is 32.2. The maximum atomic E-state index is 12.4. The average Bonchev–Trinajstić information content (AvgIpc) is 2.53. The van der Waals surface area contributed by atoms with Crippen molar-refractivity contribution in [3.8, 4) is 0 Å². The Labute approximate surface area is 135 Å². The van der Waals surface area contributed by atoms with Crippen molar-refractivity contribution < 1.29 is 8.42 Å². The molecule has 2 aromatic rings. The number of guanidine groups is 1. The van der Waals surface area contributed by atoms with Gasteiger partial charge in [0.15, 0.2) is 5.96 Å². The van der Waals surface area contributed by atoms with Crippen LogP contribution in [-0.4, -0.2) is 32.5 Å². The molecule has 124 valence electrons. The maximum absolute atomic E-state index is 12.4. The average molecular weight is 335 g/mol. The number of aromatic nitrogens is 1. The van der Waals surface area contributed by atoms with E-state index in [-0.39, 0.29) is 10.9 Å². The Kier molecular flexibility index (Phi) is 5.89. The SMILES string of the molecule is N=C(N)NCCCCCNS(=O)(=O)c1cccc2cnccc12. The normalized spacial score (nSPS) is 11.5. The van der Waals surface area contributed by atoms with Gasteiger partial charge in [-0.15, -0.1) is 0 Å². The first-order valence-electron chi connectivity index (χ1n) is 7.41. The first-order chi connectivity index (χ1) is 11.0. The molecule has 1 aromatic heterocycles. The molecule has 7 nitrogen and oxygen atoms in total. The predicted octanol–water partition coefficient (Wildman–Crippen LogP) is 1.17. The summed E-state index contributed by atoms with van der Waals surface area (Å²) in [5.41, 5.74) is 5.18. The predicted molar refractivity (Wildman–Crippen MR) is 90.7 cm³/mol. The lowest BCUT2D eigenvalue weighted by molar-refractivity contribution is 0.574. The number of unbranched alkanes of at least 4 members (excludes halogenated alkanes) is 2. The zero-order chi connectivity index (χ0) is 16.7. The zero-order valence-corrected chi connectivity index (χ0v) is 13.6. The van der Waals surface area contributed by atoms with Gasteiger partial charge in [-0.3, -0.25) is 10.4 Å². The highest BCUT2D eigenvalue weighted by Gasteiger charge is 2.16. The molecule has 0 unspecified atom stereocenters. The van der Waals surface area contributed by atoms with E-state index in [1.165, 1.54) is 0 Å². The van der Waals surface area contributed by atoms with Crippen LogP contribution in [0.2, 0.25) is 0 Å². The van der Waals surface area contributed by atoms with Crippen LogP contribution in [0.25, 0.3) is 10.8 Å². The van der Waals surface area contributed by atoms with Crippen molar-refractivity contribution in [2.45, 2.75) is 24.2 Å². The van der Waals surface area contributed by atoms with E-state index in [4.69, 9.17) is 11.1 Å². The third kappa shape index (κ3) is 4.90. The van der Waals surface area contributed by atoms with Gasteiger partial charge in [0.25, 0.3) is 0 Å². The minimum absolute atomic E-state index is 0.0452. The van der Waals surface area contributed by atoms with Crippen molar-refractivity contribution in [2.75, 3.05) is 13.1 Å². The fraction of sp³-hybridized carbons (Fsp3) is 0.333. The number of pyridine rings is 1. The van der Waals surface area contributed by atoms with Gasteiger partial charge in [-0.2, -0.15) is 0 Å². The van der Waals surface area contributed by atoms with Gasteiger partial charge in [-0.05, 0) is 25.0 Å². The minimum atomic E-state index is -3.54. The van der Waals surface area contributed by atoms with Crippen molar-refractivity contribution in [1.29, 1.82) is 5.41 Å². The number of hydrogen-bond donors (Lipinski definition) is 4. The highest BCUT2D eigenvalue weighted by Crippen LogP contribution is 2.21. The van der Waals surface area contributed by atoms with Crippen molar-refractivity contribution in [3.63, 3.8) is 0 Å². The number of hydrogen-bond acceptors (Lipinski definition) is 4. The molecule has 0 radical (unpaired) electrons. The van der Waals surface area contributed by atoms with Crippen LogP contribution in [-0.2, 0) is 10.0 Å². The number of fused-ring (bicyclic) bond motifs is 1. The third-order valence-corrected chi connectivity index (χ3v) is 4.91. The fourth-order valence-corrected chi connectivity index (χ4v) is 3.56. The van der Waals surface area contributed by atoms with Crippen LogP contribution in [0.4, 0.5) is 0 Å². The van der Waals surface area contributed by atoms with Crippen molar-refractivity contribution in [1.82, 2.24) is 15.0 Å². The maximum Gasteiger partial charge on any atom is 0.241 e. The molecule has 0 saturated heterocycles. The lowest BCUT2D eigenvalue weighted by atomic mass is 10.2. The van der Waals surface area contributed by atoms with E-state index in [0.717, 1.165) is 24.6 Å². The standard InChI is InChI=1S/C15H21N5O2S/c16-15(17)19-8-2-1-3-9-20-23(21,22)14-6-4-5-12-11-18-10-7-13(12)14/h4-7,10-11,20H,1-3,8-9H2,(H4,16,17,19). The zero-order valence-electron chi connectivity index (χ0n) is 12.7. The van der Waals surface area contributed by atoms with Gasteiger partial charge >= 0.3 is 0 Å². The van der Waals surface area contributed by atoms with E-state index in [9.17, 15) is 8.42 Å². The molecule has 0 aliphatic heterocycles. The van der Waals surface area contributed by atoms with E-state index >= 15 is 0 Å². The fourth-order valence-electron chi connectivity index (χ4n) is 2.26. The summed E-state index contributed by atoms with van der Waals surface area (Å²) in [5.74, 6) is -0.0452. The second-order valence-corrected chi connectivity index (χ2v) is 6.89. The van der Waals surface area contributed by atoms with Gasteiger partial charge in [-0.1, -0.05) is 18.6 Å². The van der Waals surface area contributed by atoms with Crippen LogP contribution in [0.3, 0.4) is 0 Å². The summed E-state index contributed by atoms with van der Waals surface area (Å²) in [5, 5.41) is 11.2. The van der Waals surface area contributed by atoms with E-state index in [2.05, 4.69) is 15.0 Å². The Morgan fingerprint density at radius 1 is 1.17 bits per heavy atom. The van der Waals surface area contributed by atoms with E-state index in [0.29, 0.717) is 18.5 Å². The molecule has 1 aromatic carbocycles. The lowest BCUT2D eigenvalue weighted by Crippen LogP contribution is -2.31. The topological polar surface area (TPSA) is 121 Å². The van der Waals surface area contributed by atoms with E-state index in [1.54, 1.807) is 30.6 Å².